The van der Waals surface area contributed by atoms with Crippen molar-refractivity contribution in [2.75, 3.05) is 13.1 Å². The zero-order valence-electron chi connectivity index (χ0n) is 10.7. The zero-order chi connectivity index (χ0) is 14.0. The quantitative estimate of drug-likeness (QED) is 0.845. The minimum absolute atomic E-state index is 0.0607. The fraction of sp³-hybridized carbons (Fsp3) is 0.636. The molecule has 1 unspecified atom stereocenters. The highest BCUT2D eigenvalue weighted by Gasteiger charge is 2.32. The van der Waals surface area contributed by atoms with Gasteiger partial charge < -0.3 is 5.11 Å². The van der Waals surface area contributed by atoms with Crippen molar-refractivity contribution in [2.24, 2.45) is 5.92 Å². The summed E-state index contributed by atoms with van der Waals surface area (Å²) in [5.41, 5.74) is 0. The number of carboxylic acid groups (broad SMARTS) is 1. The lowest BCUT2D eigenvalue weighted by atomic mass is 10.1. The summed E-state index contributed by atoms with van der Waals surface area (Å²) in [5, 5.41) is 12.4. The minimum atomic E-state index is -3.54. The third-order valence-corrected chi connectivity index (χ3v) is 5.19. The lowest BCUT2D eigenvalue weighted by Gasteiger charge is -2.14. The van der Waals surface area contributed by atoms with Crippen LogP contribution in [0.3, 0.4) is 0 Å². The van der Waals surface area contributed by atoms with Crippen LogP contribution in [0.25, 0.3) is 0 Å². The van der Waals surface area contributed by atoms with Crippen molar-refractivity contribution >= 4 is 16.0 Å². The van der Waals surface area contributed by atoms with Gasteiger partial charge in [0.05, 0.1) is 6.20 Å². The summed E-state index contributed by atoms with van der Waals surface area (Å²) in [5.74, 6) is -0.650. The number of nitrogens with zero attached hydrogens (tertiary/aromatic N) is 3. The summed E-state index contributed by atoms with van der Waals surface area (Å²) in [6, 6.07) is 0. The summed E-state index contributed by atoms with van der Waals surface area (Å²) in [4.78, 5) is 10.6. The van der Waals surface area contributed by atoms with Gasteiger partial charge in [-0.15, -0.1) is 0 Å². The van der Waals surface area contributed by atoms with E-state index in [0.717, 1.165) is 17.5 Å². The van der Waals surface area contributed by atoms with E-state index in [1.165, 1.54) is 16.7 Å². The second-order valence-corrected chi connectivity index (χ2v) is 6.63. The molecule has 7 nitrogen and oxygen atoms in total. The number of hydrogen-bond donors (Lipinski definition) is 1. The second-order valence-electron chi connectivity index (χ2n) is 4.69. The third-order valence-electron chi connectivity index (χ3n) is 3.37. The maximum Gasteiger partial charge on any atom is 0.325 e. The highest BCUT2D eigenvalue weighted by atomic mass is 32.2. The van der Waals surface area contributed by atoms with Crippen molar-refractivity contribution in [1.82, 2.24) is 14.1 Å². The van der Waals surface area contributed by atoms with E-state index < -0.39 is 16.0 Å². The number of aromatic nitrogens is 2. The van der Waals surface area contributed by atoms with Crippen LogP contribution in [-0.2, 0) is 21.4 Å². The molecule has 1 aromatic heterocycles. The van der Waals surface area contributed by atoms with Gasteiger partial charge in [0.25, 0.3) is 0 Å². The Bertz CT molecular complexity index is 566. The lowest BCUT2D eigenvalue weighted by Crippen LogP contribution is -2.28. The molecule has 2 rings (SSSR count). The van der Waals surface area contributed by atoms with Crippen molar-refractivity contribution < 1.29 is 18.3 Å². The Kier molecular flexibility index (Phi) is 3.91. The molecule has 19 heavy (non-hydrogen) atoms. The molecule has 2 heterocycles. The number of sulfonamides is 1. The van der Waals surface area contributed by atoms with Crippen LogP contribution in [0.1, 0.15) is 19.8 Å². The van der Waals surface area contributed by atoms with E-state index >= 15 is 0 Å². The number of hydrogen-bond acceptors (Lipinski definition) is 4. The Morgan fingerprint density at radius 2 is 2.32 bits per heavy atom. The van der Waals surface area contributed by atoms with Gasteiger partial charge in [-0.3, -0.25) is 9.48 Å². The fourth-order valence-corrected chi connectivity index (χ4v) is 3.69. The van der Waals surface area contributed by atoms with E-state index in [1.807, 2.05) is 6.92 Å². The molecule has 8 heteroatoms. The van der Waals surface area contributed by atoms with Crippen LogP contribution >= 0.6 is 0 Å². The normalized spacial score (nSPS) is 20.8. The third kappa shape index (κ3) is 2.95. The smallest absolute Gasteiger partial charge is 0.325 e. The van der Waals surface area contributed by atoms with Crippen molar-refractivity contribution in [1.29, 1.82) is 0 Å². The topological polar surface area (TPSA) is 92.5 Å². The predicted molar refractivity (Wildman–Crippen MR) is 67.0 cm³/mol. The van der Waals surface area contributed by atoms with Gasteiger partial charge in [-0.1, -0.05) is 13.3 Å². The first-order valence-corrected chi connectivity index (χ1v) is 7.62. The first kappa shape index (κ1) is 14.0. The fourth-order valence-electron chi connectivity index (χ4n) is 2.20. The van der Waals surface area contributed by atoms with Crippen LogP contribution in [0.4, 0.5) is 0 Å². The highest BCUT2D eigenvalue weighted by Crippen LogP contribution is 2.25. The molecular formula is C11H17N3O4S. The van der Waals surface area contributed by atoms with Crippen molar-refractivity contribution in [2.45, 2.75) is 31.2 Å². The molecule has 0 spiro atoms. The number of carbonyl (C=O) groups is 1. The van der Waals surface area contributed by atoms with Crippen LogP contribution in [0.2, 0.25) is 0 Å². The molecule has 0 aliphatic carbocycles. The molecule has 1 aromatic rings. The van der Waals surface area contributed by atoms with Gasteiger partial charge >= 0.3 is 5.97 Å². The monoisotopic (exact) mass is 287 g/mol. The van der Waals surface area contributed by atoms with E-state index in [2.05, 4.69) is 5.10 Å². The summed E-state index contributed by atoms with van der Waals surface area (Å²) in [7, 11) is -3.54. The first-order valence-electron chi connectivity index (χ1n) is 6.18. The van der Waals surface area contributed by atoms with Crippen LogP contribution in [0.5, 0.6) is 0 Å². The van der Waals surface area contributed by atoms with Gasteiger partial charge in [-0.05, 0) is 12.3 Å². The van der Waals surface area contributed by atoms with Gasteiger partial charge in [0.15, 0.2) is 0 Å². The average molecular weight is 287 g/mol. The van der Waals surface area contributed by atoms with E-state index in [9.17, 15) is 13.2 Å². The van der Waals surface area contributed by atoms with Gasteiger partial charge in [0, 0.05) is 19.3 Å². The average Bonchev–Trinajstić information content (AvgIpc) is 2.96. The molecule has 0 radical (unpaired) electrons. The van der Waals surface area contributed by atoms with Crippen molar-refractivity contribution in [3.05, 3.63) is 12.4 Å². The molecular weight excluding hydrogens is 270 g/mol. The number of carboxylic acids is 1. The maximum atomic E-state index is 12.3. The highest BCUT2D eigenvalue weighted by molar-refractivity contribution is 7.89. The molecule has 1 aliphatic rings. The summed E-state index contributed by atoms with van der Waals surface area (Å²) in [6.45, 7) is 2.76. The molecule has 1 saturated heterocycles. The van der Waals surface area contributed by atoms with E-state index in [0.29, 0.717) is 19.0 Å². The van der Waals surface area contributed by atoms with Crippen LogP contribution in [-0.4, -0.2) is 46.7 Å². The molecule has 1 N–H and O–H groups in total. The summed E-state index contributed by atoms with van der Waals surface area (Å²) in [6.07, 6.45) is 4.31. The number of rotatable bonds is 5. The van der Waals surface area contributed by atoms with E-state index in [1.54, 1.807) is 0 Å². The Hall–Kier alpha value is -1.41. The minimum Gasteiger partial charge on any atom is -0.480 e. The van der Waals surface area contributed by atoms with E-state index in [-0.39, 0.29) is 11.4 Å². The Labute approximate surface area is 111 Å². The maximum absolute atomic E-state index is 12.3. The van der Waals surface area contributed by atoms with Gasteiger partial charge in [-0.2, -0.15) is 9.40 Å². The van der Waals surface area contributed by atoms with Crippen LogP contribution < -0.4 is 0 Å². The molecule has 0 amide bonds. The Morgan fingerprint density at radius 1 is 1.58 bits per heavy atom. The molecule has 106 valence electrons. The molecule has 0 aromatic carbocycles. The summed E-state index contributed by atoms with van der Waals surface area (Å²) < 4.78 is 27.2. The molecule has 0 bridgehead atoms. The first-order chi connectivity index (χ1) is 8.93. The molecule has 1 aliphatic heterocycles. The Balaban J connectivity index is 2.16. The largest absolute Gasteiger partial charge is 0.480 e. The SMILES string of the molecule is CCC1CCN(S(=O)(=O)c2cnn(CC(=O)O)c2)C1. The van der Waals surface area contributed by atoms with Gasteiger partial charge in [0.2, 0.25) is 10.0 Å². The molecule has 1 atom stereocenters. The predicted octanol–water partition coefficient (Wildman–Crippen LogP) is 0.388. The Morgan fingerprint density at radius 3 is 2.89 bits per heavy atom. The number of aliphatic carboxylic acids is 1. The molecule has 1 fully saturated rings. The van der Waals surface area contributed by atoms with Crippen molar-refractivity contribution in [3.63, 3.8) is 0 Å². The van der Waals surface area contributed by atoms with Gasteiger partial charge in [-0.25, -0.2) is 8.42 Å². The van der Waals surface area contributed by atoms with Crippen LogP contribution in [0, 0.1) is 5.92 Å². The van der Waals surface area contributed by atoms with E-state index in [4.69, 9.17) is 5.11 Å². The van der Waals surface area contributed by atoms with Crippen LogP contribution in [0.15, 0.2) is 17.3 Å². The lowest BCUT2D eigenvalue weighted by molar-refractivity contribution is -0.137. The second kappa shape index (κ2) is 5.30. The summed E-state index contributed by atoms with van der Waals surface area (Å²) >= 11 is 0. The standard InChI is InChI=1S/C11H17N3O4S/c1-2-9-3-4-14(6-9)19(17,18)10-5-12-13(7-10)8-11(15)16/h5,7,9H,2-4,6,8H2,1H3,(H,15,16). The van der Waals surface area contributed by atoms with Gasteiger partial charge in [0.1, 0.15) is 11.4 Å². The van der Waals surface area contributed by atoms with Crippen molar-refractivity contribution in [3.8, 4) is 0 Å². The molecule has 0 saturated carbocycles. The zero-order valence-corrected chi connectivity index (χ0v) is 11.5.